The third kappa shape index (κ3) is 7.15. The van der Waals surface area contributed by atoms with Crippen LogP contribution in [-0.2, 0) is 21.3 Å². The Bertz CT molecular complexity index is 1490. The molecule has 0 atom stereocenters. The number of benzene rings is 3. The van der Waals surface area contributed by atoms with E-state index < -0.39 is 16.0 Å². The van der Waals surface area contributed by atoms with Gasteiger partial charge >= 0.3 is 10.1 Å². The standard InChI is InChI=1S/C27H23N3O6S/c1-34-23-14-8-9-20(17-23)18-26(31)30-28-19-24-25(37(32,33)36-22-12-6-3-7-13-22)15-16-27(29-24)35-21-10-4-2-5-11-21/h2-17,19H,18H2,1H3,(H,30,31)/b28-19+. The van der Waals surface area contributed by atoms with Crippen LogP contribution in [0.1, 0.15) is 11.3 Å². The van der Waals surface area contributed by atoms with Crippen LogP contribution in [0.5, 0.6) is 23.1 Å². The summed E-state index contributed by atoms with van der Waals surface area (Å²) in [6.07, 6.45) is 1.17. The highest BCUT2D eigenvalue weighted by Crippen LogP contribution is 2.24. The fraction of sp³-hybridized carbons (Fsp3) is 0.0741. The van der Waals surface area contributed by atoms with Crippen LogP contribution in [0.4, 0.5) is 0 Å². The Kier molecular flexibility index (Phi) is 8.11. The summed E-state index contributed by atoms with van der Waals surface area (Å²) in [4.78, 5) is 16.4. The molecule has 0 aliphatic carbocycles. The minimum Gasteiger partial charge on any atom is -0.497 e. The lowest BCUT2D eigenvalue weighted by molar-refractivity contribution is -0.120. The fourth-order valence-corrected chi connectivity index (χ4v) is 4.28. The first-order valence-electron chi connectivity index (χ1n) is 11.1. The quantitative estimate of drug-likeness (QED) is 0.189. The molecule has 0 unspecified atom stereocenters. The van der Waals surface area contributed by atoms with E-state index >= 15 is 0 Å². The van der Waals surface area contributed by atoms with Crippen molar-refractivity contribution in [1.29, 1.82) is 0 Å². The Balaban J connectivity index is 1.57. The topological polar surface area (TPSA) is 116 Å². The normalized spacial score (nSPS) is 11.2. The van der Waals surface area contributed by atoms with Gasteiger partial charge in [0.15, 0.2) is 0 Å². The zero-order valence-corrected chi connectivity index (χ0v) is 20.6. The largest absolute Gasteiger partial charge is 0.497 e. The SMILES string of the molecule is COc1cccc(CC(=O)N/N=C/c2nc(Oc3ccccc3)ccc2S(=O)(=O)Oc2ccccc2)c1. The predicted molar refractivity (Wildman–Crippen MR) is 137 cm³/mol. The van der Waals surface area contributed by atoms with Crippen LogP contribution in [0.15, 0.2) is 107 Å². The van der Waals surface area contributed by atoms with Gasteiger partial charge < -0.3 is 13.7 Å². The zero-order chi connectivity index (χ0) is 26.1. The van der Waals surface area contributed by atoms with Gasteiger partial charge in [0.25, 0.3) is 0 Å². The minimum absolute atomic E-state index is 0.0431. The number of methoxy groups -OCH3 is 1. The third-order valence-corrected chi connectivity index (χ3v) is 6.22. The Morgan fingerprint density at radius 2 is 1.57 bits per heavy atom. The van der Waals surface area contributed by atoms with Crippen LogP contribution in [0.3, 0.4) is 0 Å². The lowest BCUT2D eigenvalue weighted by Gasteiger charge is -2.11. The van der Waals surface area contributed by atoms with Gasteiger partial charge in [0, 0.05) is 6.07 Å². The molecule has 9 nitrogen and oxygen atoms in total. The van der Waals surface area contributed by atoms with Crippen molar-refractivity contribution in [1.82, 2.24) is 10.4 Å². The molecule has 4 aromatic rings. The molecule has 0 bridgehead atoms. The molecule has 1 N–H and O–H groups in total. The molecule has 3 aromatic carbocycles. The van der Waals surface area contributed by atoms with Crippen LogP contribution in [-0.4, -0.2) is 32.6 Å². The maximum Gasteiger partial charge on any atom is 0.341 e. The Morgan fingerprint density at radius 3 is 2.27 bits per heavy atom. The minimum atomic E-state index is -4.28. The average Bonchev–Trinajstić information content (AvgIpc) is 2.90. The third-order valence-electron chi connectivity index (χ3n) is 4.92. The molecule has 1 aromatic heterocycles. The maximum absolute atomic E-state index is 13.0. The van der Waals surface area contributed by atoms with Gasteiger partial charge in [-0.3, -0.25) is 4.79 Å². The number of nitrogens with zero attached hydrogens (tertiary/aromatic N) is 2. The predicted octanol–water partition coefficient (Wildman–Crippen LogP) is 4.34. The summed E-state index contributed by atoms with van der Waals surface area (Å²) in [5, 5.41) is 3.92. The summed E-state index contributed by atoms with van der Waals surface area (Å²) >= 11 is 0. The molecule has 0 aliphatic rings. The number of aromatic nitrogens is 1. The van der Waals surface area contributed by atoms with E-state index in [1.165, 1.54) is 24.3 Å². The summed E-state index contributed by atoms with van der Waals surface area (Å²) in [6.45, 7) is 0. The lowest BCUT2D eigenvalue weighted by atomic mass is 10.1. The van der Waals surface area contributed by atoms with Gasteiger partial charge in [-0.05, 0) is 48.0 Å². The van der Waals surface area contributed by atoms with E-state index in [0.717, 1.165) is 11.8 Å². The number of carbonyl (C=O) groups is 1. The van der Waals surface area contributed by atoms with Crippen LogP contribution in [0.2, 0.25) is 0 Å². The van der Waals surface area contributed by atoms with Crippen molar-refractivity contribution < 1.29 is 26.9 Å². The van der Waals surface area contributed by atoms with E-state index in [9.17, 15) is 13.2 Å². The number of hydrogen-bond acceptors (Lipinski definition) is 8. The number of hydrogen-bond donors (Lipinski definition) is 1. The summed E-state index contributed by atoms with van der Waals surface area (Å²) in [6, 6.07) is 26.8. The highest BCUT2D eigenvalue weighted by molar-refractivity contribution is 7.87. The summed E-state index contributed by atoms with van der Waals surface area (Å²) < 4.78 is 42.2. The molecule has 0 fully saturated rings. The average molecular weight is 518 g/mol. The molecule has 1 heterocycles. The Morgan fingerprint density at radius 1 is 0.892 bits per heavy atom. The first-order valence-corrected chi connectivity index (χ1v) is 12.5. The van der Waals surface area contributed by atoms with Gasteiger partial charge in [0.2, 0.25) is 11.8 Å². The number of rotatable bonds is 10. The van der Waals surface area contributed by atoms with Crippen molar-refractivity contribution in [3.63, 3.8) is 0 Å². The van der Waals surface area contributed by atoms with Gasteiger partial charge in [-0.25, -0.2) is 10.4 Å². The molecular weight excluding hydrogens is 494 g/mol. The van der Waals surface area contributed by atoms with E-state index in [1.807, 2.05) is 6.07 Å². The van der Waals surface area contributed by atoms with Crippen molar-refractivity contribution >= 4 is 22.2 Å². The van der Waals surface area contributed by atoms with Gasteiger partial charge in [0.05, 0.1) is 19.7 Å². The molecular formula is C27H23N3O6S. The smallest absolute Gasteiger partial charge is 0.341 e. The first kappa shape index (κ1) is 25.4. The number of carbonyl (C=O) groups excluding carboxylic acids is 1. The summed E-state index contributed by atoms with van der Waals surface area (Å²) in [7, 11) is -2.74. The van der Waals surface area contributed by atoms with Gasteiger partial charge in [-0.2, -0.15) is 13.5 Å². The molecule has 0 saturated carbocycles. The van der Waals surface area contributed by atoms with E-state index in [-0.39, 0.29) is 28.6 Å². The molecule has 37 heavy (non-hydrogen) atoms. The number of hydrazone groups is 1. The number of amides is 1. The maximum atomic E-state index is 13.0. The molecule has 0 saturated heterocycles. The van der Waals surface area contributed by atoms with Crippen LogP contribution >= 0.6 is 0 Å². The van der Waals surface area contributed by atoms with Gasteiger partial charge in [-0.1, -0.05) is 48.5 Å². The highest BCUT2D eigenvalue weighted by atomic mass is 32.2. The van der Waals surface area contributed by atoms with E-state index in [2.05, 4.69) is 15.5 Å². The molecule has 0 spiro atoms. The van der Waals surface area contributed by atoms with Crippen molar-refractivity contribution in [3.05, 3.63) is 108 Å². The molecule has 10 heteroatoms. The number of ether oxygens (including phenoxy) is 2. The van der Waals surface area contributed by atoms with Crippen LogP contribution in [0.25, 0.3) is 0 Å². The second kappa shape index (κ2) is 11.8. The zero-order valence-electron chi connectivity index (χ0n) is 19.8. The second-order valence-electron chi connectivity index (χ2n) is 7.62. The molecule has 188 valence electrons. The van der Waals surface area contributed by atoms with Gasteiger partial charge in [0.1, 0.15) is 27.8 Å². The van der Waals surface area contributed by atoms with Gasteiger partial charge in [-0.15, -0.1) is 0 Å². The van der Waals surface area contributed by atoms with Crippen molar-refractivity contribution in [3.8, 4) is 23.1 Å². The van der Waals surface area contributed by atoms with E-state index in [0.29, 0.717) is 11.5 Å². The second-order valence-corrected chi connectivity index (χ2v) is 9.13. The van der Waals surface area contributed by atoms with Crippen molar-refractivity contribution in [2.45, 2.75) is 11.3 Å². The Labute approximate surface area is 214 Å². The number of nitrogens with one attached hydrogen (secondary N) is 1. The molecule has 0 aliphatic heterocycles. The number of para-hydroxylation sites is 2. The lowest BCUT2D eigenvalue weighted by Crippen LogP contribution is -2.20. The van der Waals surface area contributed by atoms with Crippen LogP contribution in [0, 0.1) is 0 Å². The first-order chi connectivity index (χ1) is 17.9. The van der Waals surface area contributed by atoms with Crippen LogP contribution < -0.4 is 19.1 Å². The number of pyridine rings is 1. The molecule has 1 amide bonds. The van der Waals surface area contributed by atoms with Crippen molar-refractivity contribution in [2.24, 2.45) is 5.10 Å². The summed E-state index contributed by atoms with van der Waals surface area (Å²) in [5.74, 6) is 1.00. The van der Waals surface area contributed by atoms with E-state index in [4.69, 9.17) is 13.7 Å². The monoisotopic (exact) mass is 517 g/mol. The highest BCUT2D eigenvalue weighted by Gasteiger charge is 2.22. The summed E-state index contributed by atoms with van der Waals surface area (Å²) in [5.41, 5.74) is 3.04. The van der Waals surface area contributed by atoms with E-state index in [1.54, 1.807) is 73.8 Å². The Hall–Kier alpha value is -4.70. The van der Waals surface area contributed by atoms with Crippen molar-refractivity contribution in [2.75, 3.05) is 7.11 Å². The fourth-order valence-electron chi connectivity index (χ4n) is 3.23. The molecule has 4 rings (SSSR count). The molecule has 0 radical (unpaired) electrons.